The standard InChI is InChI=1S/C17H31N3/c1-4-9-19-17(13-18)8-5-6-16(12-17)20-10-7-14(2)11-15(20)3/h14-16,19H,4-12H2,1-3H3. The second kappa shape index (κ2) is 6.91. The Morgan fingerprint density at radius 3 is 2.80 bits per heavy atom. The van der Waals surface area contributed by atoms with Crippen LogP contribution in [0.25, 0.3) is 0 Å². The molecule has 3 heteroatoms. The van der Waals surface area contributed by atoms with Crippen molar-refractivity contribution in [2.75, 3.05) is 13.1 Å². The van der Waals surface area contributed by atoms with Gasteiger partial charge < -0.3 is 0 Å². The zero-order valence-electron chi connectivity index (χ0n) is 13.5. The van der Waals surface area contributed by atoms with Crippen molar-refractivity contribution in [3.8, 4) is 6.07 Å². The molecule has 1 N–H and O–H groups in total. The average molecular weight is 277 g/mol. The number of nitriles is 1. The summed E-state index contributed by atoms with van der Waals surface area (Å²) >= 11 is 0. The smallest absolute Gasteiger partial charge is 0.108 e. The van der Waals surface area contributed by atoms with Crippen molar-refractivity contribution in [2.45, 2.75) is 83.3 Å². The van der Waals surface area contributed by atoms with Gasteiger partial charge in [0, 0.05) is 12.1 Å². The summed E-state index contributed by atoms with van der Waals surface area (Å²) in [6.45, 7) is 9.11. The van der Waals surface area contributed by atoms with E-state index in [0.717, 1.165) is 31.7 Å². The lowest BCUT2D eigenvalue weighted by Gasteiger charge is -2.47. The van der Waals surface area contributed by atoms with Gasteiger partial charge in [0.2, 0.25) is 0 Å². The van der Waals surface area contributed by atoms with Gasteiger partial charge in [-0.05, 0) is 70.9 Å². The van der Waals surface area contributed by atoms with Crippen LogP contribution in [-0.4, -0.2) is 35.6 Å². The highest BCUT2D eigenvalue weighted by Crippen LogP contribution is 2.34. The summed E-state index contributed by atoms with van der Waals surface area (Å²) in [6.07, 6.45) is 8.25. The van der Waals surface area contributed by atoms with Crippen molar-refractivity contribution >= 4 is 0 Å². The van der Waals surface area contributed by atoms with Crippen LogP contribution in [0.15, 0.2) is 0 Å². The van der Waals surface area contributed by atoms with Crippen LogP contribution in [0.3, 0.4) is 0 Å². The molecule has 0 bridgehead atoms. The largest absolute Gasteiger partial charge is 0.299 e. The number of hydrogen-bond acceptors (Lipinski definition) is 3. The molecule has 20 heavy (non-hydrogen) atoms. The molecule has 0 radical (unpaired) electrons. The van der Waals surface area contributed by atoms with Crippen molar-refractivity contribution in [3.63, 3.8) is 0 Å². The highest BCUT2D eigenvalue weighted by molar-refractivity contribution is 5.11. The van der Waals surface area contributed by atoms with Gasteiger partial charge in [-0.15, -0.1) is 0 Å². The van der Waals surface area contributed by atoms with E-state index in [0.29, 0.717) is 12.1 Å². The Morgan fingerprint density at radius 1 is 1.35 bits per heavy atom. The second-order valence-corrected chi connectivity index (χ2v) is 7.09. The van der Waals surface area contributed by atoms with E-state index >= 15 is 0 Å². The third-order valence-corrected chi connectivity index (χ3v) is 5.31. The number of hydrogen-bond donors (Lipinski definition) is 1. The first-order valence-corrected chi connectivity index (χ1v) is 8.52. The minimum Gasteiger partial charge on any atom is -0.299 e. The first-order valence-electron chi connectivity index (χ1n) is 8.52. The van der Waals surface area contributed by atoms with Crippen LogP contribution >= 0.6 is 0 Å². The number of rotatable bonds is 4. The van der Waals surface area contributed by atoms with Crippen LogP contribution in [0.5, 0.6) is 0 Å². The summed E-state index contributed by atoms with van der Waals surface area (Å²) in [7, 11) is 0. The minimum absolute atomic E-state index is 0.262. The summed E-state index contributed by atoms with van der Waals surface area (Å²) in [5.41, 5.74) is -0.262. The van der Waals surface area contributed by atoms with Crippen LogP contribution in [0.1, 0.15) is 65.7 Å². The molecule has 1 aliphatic carbocycles. The molecule has 4 atom stereocenters. The van der Waals surface area contributed by atoms with Crippen LogP contribution in [0, 0.1) is 17.2 Å². The van der Waals surface area contributed by atoms with Crippen LogP contribution in [-0.2, 0) is 0 Å². The molecule has 4 unspecified atom stereocenters. The molecule has 2 aliphatic rings. The third kappa shape index (κ3) is 3.54. The number of nitrogens with one attached hydrogen (secondary N) is 1. The monoisotopic (exact) mass is 277 g/mol. The molecular weight excluding hydrogens is 246 g/mol. The van der Waals surface area contributed by atoms with Crippen LogP contribution in [0.2, 0.25) is 0 Å². The lowest BCUT2D eigenvalue weighted by Crippen LogP contribution is -2.55. The zero-order chi connectivity index (χ0) is 14.6. The topological polar surface area (TPSA) is 39.1 Å². The average Bonchev–Trinajstić information content (AvgIpc) is 2.45. The van der Waals surface area contributed by atoms with E-state index in [4.69, 9.17) is 0 Å². The summed E-state index contributed by atoms with van der Waals surface area (Å²) < 4.78 is 0. The van der Waals surface area contributed by atoms with Gasteiger partial charge in [0.15, 0.2) is 0 Å². The Morgan fingerprint density at radius 2 is 2.15 bits per heavy atom. The molecule has 1 saturated carbocycles. The molecule has 3 nitrogen and oxygen atoms in total. The van der Waals surface area contributed by atoms with Gasteiger partial charge in [0.25, 0.3) is 0 Å². The summed E-state index contributed by atoms with van der Waals surface area (Å²) in [4.78, 5) is 2.69. The van der Waals surface area contributed by atoms with Crippen LogP contribution < -0.4 is 5.32 Å². The number of nitrogens with zero attached hydrogens (tertiary/aromatic N) is 2. The van der Waals surface area contributed by atoms with Gasteiger partial charge in [-0.2, -0.15) is 5.26 Å². The van der Waals surface area contributed by atoms with Gasteiger partial charge in [-0.3, -0.25) is 10.2 Å². The van der Waals surface area contributed by atoms with E-state index in [2.05, 4.69) is 37.1 Å². The lowest BCUT2D eigenvalue weighted by atomic mass is 9.78. The SMILES string of the molecule is CCCNC1(C#N)CCCC(N2CCC(C)CC2C)C1. The van der Waals surface area contributed by atoms with E-state index in [1.807, 2.05) is 0 Å². The Kier molecular flexibility index (Phi) is 5.46. The fourth-order valence-electron chi connectivity index (χ4n) is 4.16. The van der Waals surface area contributed by atoms with E-state index in [-0.39, 0.29) is 5.54 Å². The Labute approximate surface area is 124 Å². The molecule has 0 spiro atoms. The van der Waals surface area contributed by atoms with E-state index < -0.39 is 0 Å². The molecule has 1 aliphatic heterocycles. The zero-order valence-corrected chi connectivity index (χ0v) is 13.5. The Bertz CT molecular complexity index is 349. The lowest BCUT2D eigenvalue weighted by molar-refractivity contribution is 0.0459. The molecule has 2 fully saturated rings. The molecule has 1 heterocycles. The van der Waals surface area contributed by atoms with Gasteiger partial charge in [-0.1, -0.05) is 13.8 Å². The molecule has 0 aromatic rings. The maximum atomic E-state index is 9.66. The molecule has 0 amide bonds. The summed E-state index contributed by atoms with van der Waals surface area (Å²) in [5, 5.41) is 13.2. The Hall–Kier alpha value is -0.590. The number of likely N-dealkylation sites (tertiary alicyclic amines) is 1. The number of piperidine rings is 1. The van der Waals surface area contributed by atoms with Crippen molar-refractivity contribution < 1.29 is 0 Å². The first-order chi connectivity index (χ1) is 9.60. The fourth-order valence-corrected chi connectivity index (χ4v) is 4.16. The van der Waals surface area contributed by atoms with Gasteiger partial charge in [0.05, 0.1) is 6.07 Å². The van der Waals surface area contributed by atoms with Gasteiger partial charge in [-0.25, -0.2) is 0 Å². The highest BCUT2D eigenvalue weighted by atomic mass is 15.2. The molecule has 0 aromatic carbocycles. The summed E-state index contributed by atoms with van der Waals surface area (Å²) in [6, 6.07) is 3.90. The van der Waals surface area contributed by atoms with Gasteiger partial charge in [0.1, 0.15) is 5.54 Å². The van der Waals surface area contributed by atoms with Crippen molar-refractivity contribution in [2.24, 2.45) is 5.92 Å². The van der Waals surface area contributed by atoms with Gasteiger partial charge >= 0.3 is 0 Å². The first kappa shape index (κ1) is 15.8. The normalized spacial score (nSPS) is 39.4. The maximum Gasteiger partial charge on any atom is 0.108 e. The van der Waals surface area contributed by atoms with E-state index in [1.165, 1.54) is 32.2 Å². The predicted octanol–water partition coefficient (Wildman–Crippen LogP) is 3.31. The molecular formula is C17H31N3. The van der Waals surface area contributed by atoms with Crippen molar-refractivity contribution in [3.05, 3.63) is 0 Å². The molecule has 2 rings (SSSR count). The van der Waals surface area contributed by atoms with Crippen molar-refractivity contribution in [1.82, 2.24) is 10.2 Å². The van der Waals surface area contributed by atoms with Crippen molar-refractivity contribution in [1.29, 1.82) is 5.26 Å². The highest BCUT2D eigenvalue weighted by Gasteiger charge is 2.40. The third-order valence-electron chi connectivity index (χ3n) is 5.31. The van der Waals surface area contributed by atoms with Crippen LogP contribution in [0.4, 0.5) is 0 Å². The van der Waals surface area contributed by atoms with E-state index in [1.54, 1.807) is 0 Å². The molecule has 1 saturated heterocycles. The maximum absolute atomic E-state index is 9.66. The quantitative estimate of drug-likeness (QED) is 0.857. The minimum atomic E-state index is -0.262. The molecule has 0 aromatic heterocycles. The Balaban J connectivity index is 2.00. The van der Waals surface area contributed by atoms with E-state index in [9.17, 15) is 5.26 Å². The fraction of sp³-hybridized carbons (Fsp3) is 0.941. The summed E-state index contributed by atoms with van der Waals surface area (Å²) in [5.74, 6) is 0.865. The second-order valence-electron chi connectivity index (χ2n) is 7.09. The predicted molar refractivity (Wildman–Crippen MR) is 83.5 cm³/mol. The molecule has 114 valence electrons.